The second-order valence-electron chi connectivity index (χ2n) is 7.90. The average molecular weight is 362 g/mol. The normalized spacial score (nSPS) is 18.9. The van der Waals surface area contributed by atoms with Gasteiger partial charge in [0.05, 0.1) is 17.4 Å². The molecule has 0 N–H and O–H groups in total. The van der Waals surface area contributed by atoms with Gasteiger partial charge >= 0.3 is 5.97 Å². The van der Waals surface area contributed by atoms with Crippen molar-refractivity contribution >= 4 is 17.3 Å². The number of carbonyl (C=O) groups is 1. The van der Waals surface area contributed by atoms with Gasteiger partial charge in [-0.05, 0) is 42.7 Å². The van der Waals surface area contributed by atoms with E-state index < -0.39 is 0 Å². The maximum absolute atomic E-state index is 11.9. The van der Waals surface area contributed by atoms with Gasteiger partial charge in [-0.2, -0.15) is 0 Å². The third kappa shape index (κ3) is 4.96. The van der Waals surface area contributed by atoms with Crippen molar-refractivity contribution < 1.29 is 14.5 Å². The standard InChI is InChI=1S/C20H30N2O4/c1-6-26-20(23)17-10-16(17)15-7-8-18(19(9-15)22(24)25)21(11-13(2)3)12-14(4)5/h7-9,13-14,16-17H,6,10-12H2,1-5H3. The van der Waals surface area contributed by atoms with E-state index in [4.69, 9.17) is 4.74 Å². The molecule has 0 heterocycles. The quantitative estimate of drug-likeness (QED) is 0.370. The molecular formula is C20H30N2O4. The van der Waals surface area contributed by atoms with Crippen molar-refractivity contribution in [1.82, 2.24) is 0 Å². The number of nitro groups is 1. The van der Waals surface area contributed by atoms with Gasteiger partial charge < -0.3 is 9.64 Å². The van der Waals surface area contributed by atoms with E-state index in [1.54, 1.807) is 13.0 Å². The van der Waals surface area contributed by atoms with Crippen LogP contribution in [0.2, 0.25) is 0 Å². The van der Waals surface area contributed by atoms with Crippen LogP contribution in [0.3, 0.4) is 0 Å². The predicted octanol–water partition coefficient (Wildman–Crippen LogP) is 4.38. The van der Waals surface area contributed by atoms with Crippen LogP contribution >= 0.6 is 0 Å². The second-order valence-corrected chi connectivity index (χ2v) is 7.90. The van der Waals surface area contributed by atoms with Gasteiger partial charge in [-0.15, -0.1) is 0 Å². The molecule has 0 bridgehead atoms. The van der Waals surface area contributed by atoms with Crippen LogP contribution in [0.4, 0.5) is 11.4 Å². The highest BCUT2D eigenvalue weighted by atomic mass is 16.6. The summed E-state index contributed by atoms with van der Waals surface area (Å²) in [6.07, 6.45) is 0.705. The maximum atomic E-state index is 11.9. The Morgan fingerprint density at radius 3 is 2.38 bits per heavy atom. The molecule has 1 aromatic carbocycles. The van der Waals surface area contributed by atoms with Gasteiger partial charge in [0.25, 0.3) is 5.69 Å². The Balaban J connectivity index is 2.28. The van der Waals surface area contributed by atoms with Crippen LogP contribution in [0.1, 0.15) is 52.5 Å². The molecule has 1 aliphatic rings. The van der Waals surface area contributed by atoms with E-state index in [0.717, 1.165) is 18.7 Å². The third-order valence-corrected chi connectivity index (χ3v) is 4.52. The molecule has 6 nitrogen and oxygen atoms in total. The van der Waals surface area contributed by atoms with Crippen LogP contribution in [-0.2, 0) is 9.53 Å². The number of anilines is 1. The summed E-state index contributed by atoms with van der Waals surface area (Å²) in [5, 5.41) is 11.7. The van der Waals surface area contributed by atoms with Gasteiger partial charge in [0.2, 0.25) is 0 Å². The molecule has 0 spiro atoms. The first-order valence-corrected chi connectivity index (χ1v) is 9.44. The van der Waals surface area contributed by atoms with Gasteiger partial charge in [0, 0.05) is 19.2 Å². The van der Waals surface area contributed by atoms with Gasteiger partial charge in [-0.25, -0.2) is 0 Å². The lowest BCUT2D eigenvalue weighted by atomic mass is 10.0. The number of rotatable bonds is 9. The first-order valence-electron chi connectivity index (χ1n) is 9.44. The summed E-state index contributed by atoms with van der Waals surface area (Å²) in [5.41, 5.74) is 1.64. The molecule has 0 aliphatic heterocycles. The molecule has 0 radical (unpaired) electrons. The highest BCUT2D eigenvalue weighted by Gasteiger charge is 2.45. The van der Waals surface area contributed by atoms with E-state index in [-0.39, 0.29) is 28.4 Å². The molecular weight excluding hydrogens is 332 g/mol. The third-order valence-electron chi connectivity index (χ3n) is 4.52. The minimum atomic E-state index is -0.311. The summed E-state index contributed by atoms with van der Waals surface area (Å²) in [7, 11) is 0. The second kappa shape index (κ2) is 8.52. The number of esters is 1. The number of ether oxygens (including phenoxy) is 1. The van der Waals surface area contributed by atoms with Crippen LogP contribution in [0.25, 0.3) is 0 Å². The van der Waals surface area contributed by atoms with Gasteiger partial charge in [-0.3, -0.25) is 14.9 Å². The fraction of sp³-hybridized carbons (Fsp3) is 0.650. The first kappa shape index (κ1) is 20.2. The van der Waals surface area contributed by atoms with Crippen LogP contribution in [0.15, 0.2) is 18.2 Å². The van der Waals surface area contributed by atoms with Crippen molar-refractivity contribution in [2.45, 2.75) is 47.0 Å². The van der Waals surface area contributed by atoms with Crippen molar-refractivity contribution in [1.29, 1.82) is 0 Å². The number of hydrogen-bond acceptors (Lipinski definition) is 5. The van der Waals surface area contributed by atoms with Crippen molar-refractivity contribution in [2.24, 2.45) is 17.8 Å². The van der Waals surface area contributed by atoms with Gasteiger partial charge in [0.1, 0.15) is 5.69 Å². The zero-order valence-corrected chi connectivity index (χ0v) is 16.4. The smallest absolute Gasteiger partial charge is 0.309 e. The van der Waals surface area contributed by atoms with E-state index in [9.17, 15) is 14.9 Å². The summed E-state index contributed by atoms with van der Waals surface area (Å²) >= 11 is 0. The van der Waals surface area contributed by atoms with Crippen molar-refractivity contribution in [3.8, 4) is 0 Å². The summed E-state index contributed by atoms with van der Waals surface area (Å²) in [6, 6.07) is 5.42. The van der Waals surface area contributed by atoms with E-state index in [2.05, 4.69) is 32.6 Å². The Hall–Kier alpha value is -2.11. The lowest BCUT2D eigenvalue weighted by molar-refractivity contribution is -0.384. The van der Waals surface area contributed by atoms with E-state index in [1.807, 2.05) is 12.1 Å². The number of hydrogen-bond donors (Lipinski definition) is 0. The molecule has 0 amide bonds. The van der Waals surface area contributed by atoms with Crippen LogP contribution in [-0.4, -0.2) is 30.6 Å². The van der Waals surface area contributed by atoms with E-state index in [0.29, 0.717) is 30.6 Å². The lowest BCUT2D eigenvalue weighted by Crippen LogP contribution is -2.31. The van der Waals surface area contributed by atoms with Crippen molar-refractivity contribution in [2.75, 3.05) is 24.6 Å². The number of carbonyl (C=O) groups excluding carboxylic acids is 1. The molecule has 144 valence electrons. The molecule has 1 aromatic rings. The molecule has 26 heavy (non-hydrogen) atoms. The topological polar surface area (TPSA) is 72.7 Å². The summed E-state index contributed by atoms with van der Waals surface area (Å²) in [6.45, 7) is 12.1. The fourth-order valence-corrected chi connectivity index (χ4v) is 3.41. The summed E-state index contributed by atoms with van der Waals surface area (Å²) < 4.78 is 5.06. The fourth-order valence-electron chi connectivity index (χ4n) is 3.41. The molecule has 2 atom stereocenters. The van der Waals surface area contributed by atoms with E-state index >= 15 is 0 Å². The highest BCUT2D eigenvalue weighted by Crippen LogP contribution is 2.49. The molecule has 6 heteroatoms. The van der Waals surface area contributed by atoms with E-state index in [1.165, 1.54) is 0 Å². The Bertz CT molecular complexity index is 647. The van der Waals surface area contributed by atoms with Gasteiger partial charge in [0.15, 0.2) is 0 Å². The van der Waals surface area contributed by atoms with Crippen molar-refractivity contribution in [3.63, 3.8) is 0 Å². The molecule has 1 saturated carbocycles. The molecule has 0 saturated heterocycles. The number of nitro benzene ring substituents is 1. The number of nitrogens with zero attached hydrogens (tertiary/aromatic N) is 2. The molecule has 2 unspecified atom stereocenters. The lowest BCUT2D eigenvalue weighted by Gasteiger charge is -2.28. The maximum Gasteiger partial charge on any atom is 0.309 e. The Labute approximate surface area is 155 Å². The summed E-state index contributed by atoms with van der Waals surface area (Å²) in [5.74, 6) is 0.480. The Morgan fingerprint density at radius 2 is 1.88 bits per heavy atom. The zero-order chi connectivity index (χ0) is 19.4. The van der Waals surface area contributed by atoms with Crippen LogP contribution in [0.5, 0.6) is 0 Å². The van der Waals surface area contributed by atoms with Crippen LogP contribution in [0, 0.1) is 27.9 Å². The Kier molecular flexibility index (Phi) is 6.62. The average Bonchev–Trinajstić information content (AvgIpc) is 3.33. The molecule has 0 aromatic heterocycles. The van der Waals surface area contributed by atoms with Gasteiger partial charge in [-0.1, -0.05) is 33.8 Å². The highest BCUT2D eigenvalue weighted by molar-refractivity contribution is 5.78. The minimum Gasteiger partial charge on any atom is -0.466 e. The minimum absolute atomic E-state index is 0.0328. The predicted molar refractivity (Wildman–Crippen MR) is 102 cm³/mol. The Morgan fingerprint density at radius 1 is 1.27 bits per heavy atom. The largest absolute Gasteiger partial charge is 0.466 e. The molecule has 2 rings (SSSR count). The zero-order valence-electron chi connectivity index (χ0n) is 16.4. The first-order chi connectivity index (χ1) is 12.2. The molecule has 1 fully saturated rings. The molecule has 1 aliphatic carbocycles. The van der Waals surface area contributed by atoms with Crippen LogP contribution < -0.4 is 4.90 Å². The summed E-state index contributed by atoms with van der Waals surface area (Å²) in [4.78, 5) is 25.4. The number of benzene rings is 1. The SMILES string of the molecule is CCOC(=O)C1CC1c1ccc(N(CC(C)C)CC(C)C)c([N+](=O)[O-])c1. The monoisotopic (exact) mass is 362 g/mol. The van der Waals surface area contributed by atoms with Crippen molar-refractivity contribution in [3.05, 3.63) is 33.9 Å².